The molecule has 0 bridgehead atoms. The molecule has 0 saturated heterocycles. The fourth-order valence-electron chi connectivity index (χ4n) is 2.93. The molecule has 6 heteroatoms. The minimum absolute atomic E-state index is 0.0645. The van der Waals surface area contributed by atoms with Gasteiger partial charge in [0.25, 0.3) is 5.91 Å². The maximum atomic E-state index is 13.1. The van der Waals surface area contributed by atoms with E-state index in [1.807, 2.05) is 61.5 Å². The lowest BCUT2D eigenvalue weighted by atomic mass is 10.1. The fraction of sp³-hybridized carbons (Fsp3) is 0.174. The lowest BCUT2D eigenvalue weighted by Gasteiger charge is -2.23. The lowest BCUT2D eigenvalue weighted by molar-refractivity contribution is 0.0730. The summed E-state index contributed by atoms with van der Waals surface area (Å²) < 4.78 is 27.4. The normalized spacial score (nSPS) is 11.1. The molecule has 0 saturated carbocycles. The van der Waals surface area contributed by atoms with E-state index in [0.29, 0.717) is 18.7 Å². The number of rotatable bonds is 7. The maximum Gasteiger partial charge on any atom is 0.306 e. The zero-order chi connectivity index (χ0) is 20.9. The molecule has 29 heavy (non-hydrogen) atoms. The van der Waals surface area contributed by atoms with E-state index in [0.717, 1.165) is 22.9 Å². The second kappa shape index (κ2) is 8.92. The second-order valence-electron chi connectivity index (χ2n) is 6.94. The topological polar surface area (TPSA) is 63.7 Å². The highest BCUT2D eigenvalue weighted by Crippen LogP contribution is 2.18. The first-order valence-electron chi connectivity index (χ1n) is 9.18. The molecule has 3 aromatic carbocycles. The predicted octanol–water partition coefficient (Wildman–Crippen LogP) is 4.18. The van der Waals surface area contributed by atoms with Gasteiger partial charge in [-0.15, -0.1) is 0 Å². The first kappa shape index (κ1) is 20.6. The molecule has 0 spiro atoms. The Hall–Kier alpha value is -3.12. The quantitative estimate of drug-likeness (QED) is 0.549. The van der Waals surface area contributed by atoms with Crippen LogP contribution in [0.4, 0.5) is 0 Å². The molecule has 150 valence electrons. The monoisotopic (exact) mass is 409 g/mol. The molecule has 0 aliphatic carbocycles. The first-order chi connectivity index (χ1) is 13.8. The lowest BCUT2D eigenvalue weighted by Crippen LogP contribution is -2.30. The second-order valence-corrected chi connectivity index (χ2v) is 8.52. The largest absolute Gasteiger partial charge is 0.383 e. The number of carbonyl (C=O) groups is 1. The maximum absolute atomic E-state index is 13.1. The zero-order valence-corrected chi connectivity index (χ0v) is 17.2. The Bertz CT molecular complexity index is 1060. The van der Waals surface area contributed by atoms with E-state index in [4.69, 9.17) is 4.18 Å². The molecule has 0 radical (unpaired) electrons. The van der Waals surface area contributed by atoms with Crippen LogP contribution in [0, 0.1) is 6.92 Å². The van der Waals surface area contributed by atoms with Gasteiger partial charge in [-0.05, 0) is 42.3 Å². The number of hydrogen-bond acceptors (Lipinski definition) is 4. The van der Waals surface area contributed by atoms with Gasteiger partial charge >= 0.3 is 10.1 Å². The Morgan fingerprint density at radius 1 is 0.828 bits per heavy atom. The van der Waals surface area contributed by atoms with Crippen LogP contribution >= 0.6 is 0 Å². The van der Waals surface area contributed by atoms with Crippen molar-refractivity contribution < 1.29 is 17.4 Å². The third-order valence-corrected chi connectivity index (χ3v) is 4.84. The van der Waals surface area contributed by atoms with Gasteiger partial charge in [0.05, 0.1) is 6.26 Å². The fourth-order valence-corrected chi connectivity index (χ4v) is 3.39. The van der Waals surface area contributed by atoms with E-state index in [9.17, 15) is 13.2 Å². The van der Waals surface area contributed by atoms with Gasteiger partial charge < -0.3 is 9.08 Å². The van der Waals surface area contributed by atoms with Crippen LogP contribution in [0.2, 0.25) is 0 Å². The van der Waals surface area contributed by atoms with E-state index < -0.39 is 10.1 Å². The highest BCUT2D eigenvalue weighted by Gasteiger charge is 2.17. The molecule has 0 N–H and O–H groups in total. The van der Waals surface area contributed by atoms with Crippen molar-refractivity contribution in [3.8, 4) is 5.75 Å². The molecule has 0 unspecified atom stereocenters. The van der Waals surface area contributed by atoms with Crippen molar-refractivity contribution in [1.29, 1.82) is 0 Å². The van der Waals surface area contributed by atoms with Crippen LogP contribution in [0.25, 0.3) is 0 Å². The Morgan fingerprint density at radius 2 is 1.38 bits per heavy atom. The number of aryl methyl sites for hydroxylation is 1. The van der Waals surface area contributed by atoms with Gasteiger partial charge in [0.15, 0.2) is 0 Å². The molecular formula is C23H23NO4S. The molecule has 0 fully saturated rings. The molecule has 0 aliphatic heterocycles. The van der Waals surface area contributed by atoms with Gasteiger partial charge in [-0.2, -0.15) is 8.42 Å². The van der Waals surface area contributed by atoms with Crippen LogP contribution in [0.1, 0.15) is 27.0 Å². The van der Waals surface area contributed by atoms with Crippen LogP contribution in [-0.2, 0) is 23.2 Å². The van der Waals surface area contributed by atoms with Crippen LogP contribution in [0.15, 0.2) is 78.9 Å². The van der Waals surface area contributed by atoms with Crippen LogP contribution < -0.4 is 4.18 Å². The van der Waals surface area contributed by atoms with E-state index in [1.165, 1.54) is 0 Å². The standard InChI is InChI=1S/C23H23NO4S/c1-18-8-12-21(13-9-18)23(25)24(16-19-6-4-3-5-7-19)17-20-10-14-22(15-11-20)28-29(2,26)27/h3-15H,16-17H2,1-2H3. The van der Waals surface area contributed by atoms with Crippen molar-refractivity contribution >= 4 is 16.0 Å². The summed E-state index contributed by atoms with van der Waals surface area (Å²) in [6.45, 7) is 2.84. The molecule has 0 aromatic heterocycles. The molecule has 0 aliphatic rings. The van der Waals surface area contributed by atoms with Gasteiger partial charge in [0.1, 0.15) is 5.75 Å². The van der Waals surface area contributed by atoms with Crippen LogP contribution in [0.3, 0.4) is 0 Å². The van der Waals surface area contributed by atoms with Gasteiger partial charge in [-0.3, -0.25) is 4.79 Å². The average Bonchev–Trinajstić information content (AvgIpc) is 2.69. The van der Waals surface area contributed by atoms with Crippen molar-refractivity contribution in [2.75, 3.05) is 6.26 Å². The summed E-state index contributed by atoms with van der Waals surface area (Å²) in [5.41, 5.74) is 3.63. The highest BCUT2D eigenvalue weighted by molar-refractivity contribution is 7.86. The Kier molecular flexibility index (Phi) is 6.34. The third-order valence-electron chi connectivity index (χ3n) is 4.35. The van der Waals surface area contributed by atoms with Crippen molar-refractivity contribution in [3.05, 3.63) is 101 Å². The summed E-state index contributed by atoms with van der Waals surface area (Å²) in [4.78, 5) is 14.9. The summed E-state index contributed by atoms with van der Waals surface area (Å²) >= 11 is 0. The minimum atomic E-state index is -3.57. The summed E-state index contributed by atoms with van der Waals surface area (Å²) in [6, 6.07) is 24.0. The van der Waals surface area contributed by atoms with Crippen molar-refractivity contribution in [1.82, 2.24) is 4.90 Å². The SMILES string of the molecule is Cc1ccc(C(=O)N(Cc2ccccc2)Cc2ccc(OS(C)(=O)=O)cc2)cc1. The molecule has 5 nitrogen and oxygen atoms in total. The van der Waals surface area contributed by atoms with Gasteiger partial charge in [-0.25, -0.2) is 0 Å². The Labute approximate surface area is 171 Å². The van der Waals surface area contributed by atoms with E-state index >= 15 is 0 Å². The van der Waals surface area contributed by atoms with Gasteiger partial charge in [0.2, 0.25) is 0 Å². The summed E-state index contributed by atoms with van der Waals surface area (Å²) in [7, 11) is -3.57. The number of nitrogens with zero attached hydrogens (tertiary/aromatic N) is 1. The first-order valence-corrected chi connectivity index (χ1v) is 11.0. The van der Waals surface area contributed by atoms with E-state index in [2.05, 4.69) is 0 Å². The summed E-state index contributed by atoms with van der Waals surface area (Å²) in [5.74, 6) is 0.182. The summed E-state index contributed by atoms with van der Waals surface area (Å²) in [5, 5.41) is 0. The van der Waals surface area contributed by atoms with Gasteiger partial charge in [-0.1, -0.05) is 60.2 Å². The Balaban J connectivity index is 1.82. The minimum Gasteiger partial charge on any atom is -0.383 e. The van der Waals surface area contributed by atoms with E-state index in [1.54, 1.807) is 29.2 Å². The number of benzene rings is 3. The van der Waals surface area contributed by atoms with Crippen LogP contribution in [0.5, 0.6) is 5.75 Å². The Morgan fingerprint density at radius 3 is 1.93 bits per heavy atom. The summed E-state index contributed by atoms with van der Waals surface area (Å²) in [6.07, 6.45) is 1.00. The number of amides is 1. The third kappa shape index (κ3) is 6.19. The van der Waals surface area contributed by atoms with Crippen molar-refractivity contribution in [3.63, 3.8) is 0 Å². The molecular weight excluding hydrogens is 386 g/mol. The van der Waals surface area contributed by atoms with Gasteiger partial charge in [0, 0.05) is 18.7 Å². The predicted molar refractivity (Wildman–Crippen MR) is 113 cm³/mol. The molecule has 3 rings (SSSR count). The van der Waals surface area contributed by atoms with E-state index in [-0.39, 0.29) is 11.7 Å². The smallest absolute Gasteiger partial charge is 0.306 e. The van der Waals surface area contributed by atoms with Crippen LogP contribution in [-0.4, -0.2) is 25.5 Å². The molecule has 0 heterocycles. The number of hydrogen-bond donors (Lipinski definition) is 0. The average molecular weight is 410 g/mol. The molecule has 0 atom stereocenters. The number of carbonyl (C=O) groups excluding carboxylic acids is 1. The van der Waals surface area contributed by atoms with Crippen molar-refractivity contribution in [2.24, 2.45) is 0 Å². The highest BCUT2D eigenvalue weighted by atomic mass is 32.2. The zero-order valence-electron chi connectivity index (χ0n) is 16.4. The molecule has 3 aromatic rings. The molecule has 1 amide bonds. The van der Waals surface area contributed by atoms with Crippen molar-refractivity contribution in [2.45, 2.75) is 20.0 Å².